The molecule has 0 spiro atoms. The fraction of sp³-hybridized carbons (Fsp3) is 0.111. The molecule has 0 atom stereocenters. The van der Waals surface area contributed by atoms with Gasteiger partial charge in [-0.3, -0.25) is 14.9 Å². The summed E-state index contributed by atoms with van der Waals surface area (Å²) < 4.78 is 0. The van der Waals surface area contributed by atoms with Crippen molar-refractivity contribution >= 4 is 5.97 Å². The lowest BCUT2D eigenvalue weighted by molar-refractivity contribution is -0.136. The third-order valence-electron chi connectivity index (χ3n) is 1.77. The van der Waals surface area contributed by atoms with Gasteiger partial charge in [-0.25, -0.2) is 4.98 Å². The van der Waals surface area contributed by atoms with E-state index in [9.17, 15) is 4.79 Å². The molecule has 0 aliphatic heterocycles. The van der Waals surface area contributed by atoms with Crippen LogP contribution in [0.1, 0.15) is 5.82 Å². The van der Waals surface area contributed by atoms with Gasteiger partial charge in [-0.1, -0.05) is 0 Å². The van der Waals surface area contributed by atoms with Crippen LogP contribution in [0.5, 0.6) is 0 Å². The standard InChI is InChI=1S/C9H8N4O2/c14-8(15)4-7-11-9(13-12-7)6-2-1-3-10-5-6/h1-3,5H,4H2,(H,14,15)(H,11,12,13). The average Bonchev–Trinajstić information content (AvgIpc) is 2.67. The molecular weight excluding hydrogens is 196 g/mol. The van der Waals surface area contributed by atoms with E-state index in [4.69, 9.17) is 5.11 Å². The quantitative estimate of drug-likeness (QED) is 0.759. The van der Waals surface area contributed by atoms with E-state index in [0.717, 1.165) is 5.56 Å². The maximum absolute atomic E-state index is 10.4. The molecule has 2 N–H and O–H groups in total. The second-order valence-electron chi connectivity index (χ2n) is 2.92. The zero-order valence-electron chi connectivity index (χ0n) is 7.71. The smallest absolute Gasteiger partial charge is 0.311 e. The number of aliphatic carboxylic acids is 1. The van der Waals surface area contributed by atoms with E-state index >= 15 is 0 Å². The molecule has 6 heteroatoms. The molecule has 2 rings (SSSR count). The van der Waals surface area contributed by atoms with Crippen molar-refractivity contribution in [1.82, 2.24) is 20.2 Å². The van der Waals surface area contributed by atoms with E-state index in [1.807, 2.05) is 0 Å². The van der Waals surface area contributed by atoms with Gasteiger partial charge in [-0.2, -0.15) is 5.10 Å². The first-order chi connectivity index (χ1) is 7.25. The van der Waals surface area contributed by atoms with E-state index < -0.39 is 5.97 Å². The van der Waals surface area contributed by atoms with E-state index in [2.05, 4.69) is 20.2 Å². The van der Waals surface area contributed by atoms with E-state index in [1.54, 1.807) is 24.5 Å². The van der Waals surface area contributed by atoms with Crippen molar-refractivity contribution < 1.29 is 9.90 Å². The molecule has 2 heterocycles. The minimum absolute atomic E-state index is 0.159. The Kier molecular flexibility index (Phi) is 2.40. The average molecular weight is 204 g/mol. The van der Waals surface area contributed by atoms with Crippen LogP contribution in [0.2, 0.25) is 0 Å². The number of carboxylic acids is 1. The van der Waals surface area contributed by atoms with Crippen LogP contribution < -0.4 is 0 Å². The summed E-state index contributed by atoms with van der Waals surface area (Å²) in [6.07, 6.45) is 3.11. The van der Waals surface area contributed by atoms with Crippen LogP contribution >= 0.6 is 0 Å². The Labute approximate surface area is 85.0 Å². The van der Waals surface area contributed by atoms with Gasteiger partial charge < -0.3 is 5.11 Å². The first-order valence-corrected chi connectivity index (χ1v) is 4.29. The second-order valence-corrected chi connectivity index (χ2v) is 2.92. The van der Waals surface area contributed by atoms with Crippen molar-refractivity contribution in [2.75, 3.05) is 0 Å². The molecule has 15 heavy (non-hydrogen) atoms. The van der Waals surface area contributed by atoms with Gasteiger partial charge in [0.25, 0.3) is 0 Å². The summed E-state index contributed by atoms with van der Waals surface area (Å²) in [6.45, 7) is 0. The predicted molar refractivity (Wildman–Crippen MR) is 51.0 cm³/mol. The number of aromatic nitrogens is 4. The Hall–Kier alpha value is -2.24. The summed E-state index contributed by atoms with van der Waals surface area (Å²) in [6, 6.07) is 3.57. The monoisotopic (exact) mass is 204 g/mol. The Balaban J connectivity index is 2.24. The molecule has 0 aliphatic carbocycles. The summed E-state index contributed by atoms with van der Waals surface area (Å²) >= 11 is 0. The highest BCUT2D eigenvalue weighted by Gasteiger charge is 2.08. The normalized spacial score (nSPS) is 10.1. The van der Waals surface area contributed by atoms with Gasteiger partial charge in [0.15, 0.2) is 5.82 Å². The molecule has 2 aromatic heterocycles. The van der Waals surface area contributed by atoms with Gasteiger partial charge in [-0.05, 0) is 12.1 Å². The minimum atomic E-state index is -0.941. The molecule has 0 radical (unpaired) electrons. The van der Waals surface area contributed by atoms with Gasteiger partial charge in [0.1, 0.15) is 12.2 Å². The number of aromatic amines is 1. The van der Waals surface area contributed by atoms with E-state index in [1.165, 1.54) is 0 Å². The molecule has 0 unspecified atom stereocenters. The minimum Gasteiger partial charge on any atom is -0.481 e. The van der Waals surface area contributed by atoms with Crippen molar-refractivity contribution in [2.24, 2.45) is 0 Å². The van der Waals surface area contributed by atoms with Crippen LogP contribution in [0.15, 0.2) is 24.5 Å². The van der Waals surface area contributed by atoms with Crippen LogP contribution in [0.25, 0.3) is 11.4 Å². The lowest BCUT2D eigenvalue weighted by Gasteiger charge is -1.90. The molecule has 0 saturated heterocycles. The van der Waals surface area contributed by atoms with Gasteiger partial charge in [0, 0.05) is 18.0 Å². The van der Waals surface area contributed by atoms with Gasteiger partial charge >= 0.3 is 5.97 Å². The first kappa shape index (κ1) is 9.32. The number of carbonyl (C=O) groups is 1. The fourth-order valence-corrected chi connectivity index (χ4v) is 1.14. The van der Waals surface area contributed by atoms with Crippen LogP contribution in [0.3, 0.4) is 0 Å². The van der Waals surface area contributed by atoms with Gasteiger partial charge in [0.2, 0.25) is 0 Å². The Morgan fingerprint density at radius 1 is 1.53 bits per heavy atom. The molecule has 76 valence electrons. The molecule has 2 aromatic rings. The number of pyridine rings is 1. The zero-order valence-corrected chi connectivity index (χ0v) is 7.71. The van der Waals surface area contributed by atoms with E-state index in [-0.39, 0.29) is 6.42 Å². The van der Waals surface area contributed by atoms with Gasteiger partial charge in [-0.15, -0.1) is 0 Å². The maximum atomic E-state index is 10.4. The summed E-state index contributed by atoms with van der Waals surface area (Å²) in [7, 11) is 0. The largest absolute Gasteiger partial charge is 0.481 e. The number of H-pyrrole nitrogens is 1. The van der Waals surface area contributed by atoms with Crippen LogP contribution in [0.4, 0.5) is 0 Å². The second kappa shape index (κ2) is 3.87. The lowest BCUT2D eigenvalue weighted by Crippen LogP contribution is -2.01. The number of nitrogens with one attached hydrogen (secondary N) is 1. The van der Waals surface area contributed by atoms with Crippen molar-refractivity contribution in [3.8, 4) is 11.4 Å². The number of carboxylic acid groups (broad SMARTS) is 1. The zero-order chi connectivity index (χ0) is 10.7. The van der Waals surface area contributed by atoms with Crippen LogP contribution in [-0.2, 0) is 11.2 Å². The molecular formula is C9H8N4O2. The van der Waals surface area contributed by atoms with Crippen molar-refractivity contribution in [1.29, 1.82) is 0 Å². The Morgan fingerprint density at radius 3 is 3.07 bits per heavy atom. The summed E-state index contributed by atoms with van der Waals surface area (Å²) in [4.78, 5) is 18.4. The molecule has 0 saturated carbocycles. The summed E-state index contributed by atoms with van der Waals surface area (Å²) in [5.41, 5.74) is 0.755. The SMILES string of the molecule is O=C(O)Cc1nc(-c2cccnc2)n[nH]1. The first-order valence-electron chi connectivity index (χ1n) is 4.29. The van der Waals surface area contributed by atoms with Gasteiger partial charge in [0.05, 0.1) is 0 Å². The highest BCUT2D eigenvalue weighted by Crippen LogP contribution is 2.11. The van der Waals surface area contributed by atoms with Crippen molar-refractivity contribution in [2.45, 2.75) is 6.42 Å². The number of hydrogen-bond donors (Lipinski definition) is 2. The lowest BCUT2D eigenvalue weighted by atomic mass is 10.3. The molecule has 0 bridgehead atoms. The number of hydrogen-bond acceptors (Lipinski definition) is 4. The Bertz CT molecular complexity index is 466. The maximum Gasteiger partial charge on any atom is 0.311 e. The highest BCUT2D eigenvalue weighted by atomic mass is 16.4. The number of rotatable bonds is 3. The summed E-state index contributed by atoms with van der Waals surface area (Å²) in [5.74, 6) is -0.149. The van der Waals surface area contributed by atoms with Crippen molar-refractivity contribution in [3.63, 3.8) is 0 Å². The molecule has 0 aromatic carbocycles. The van der Waals surface area contributed by atoms with Crippen molar-refractivity contribution in [3.05, 3.63) is 30.4 Å². The Morgan fingerprint density at radius 2 is 2.40 bits per heavy atom. The number of nitrogens with zero attached hydrogens (tertiary/aromatic N) is 3. The third-order valence-corrected chi connectivity index (χ3v) is 1.77. The molecule has 0 amide bonds. The third kappa shape index (κ3) is 2.16. The highest BCUT2D eigenvalue weighted by molar-refractivity contribution is 5.69. The topological polar surface area (TPSA) is 91.8 Å². The molecule has 0 fully saturated rings. The predicted octanol–water partition coefficient (Wildman–Crippen LogP) is 0.494. The molecule has 6 nitrogen and oxygen atoms in total. The molecule has 0 aliphatic rings. The van der Waals surface area contributed by atoms with Crippen LogP contribution in [0, 0.1) is 0 Å². The van der Waals surface area contributed by atoms with Crippen LogP contribution in [-0.4, -0.2) is 31.2 Å². The summed E-state index contributed by atoms with van der Waals surface area (Å²) in [5, 5.41) is 15.0. The fourth-order valence-electron chi connectivity index (χ4n) is 1.14. The van der Waals surface area contributed by atoms with E-state index in [0.29, 0.717) is 11.6 Å².